The number of ketones is 1. The van der Waals surface area contributed by atoms with Gasteiger partial charge < -0.3 is 24.6 Å². The first-order valence-electron chi connectivity index (χ1n) is 9.99. The van der Waals surface area contributed by atoms with Gasteiger partial charge in [0.05, 0.1) is 20.8 Å². The Morgan fingerprint density at radius 2 is 1.93 bits per heavy atom. The van der Waals surface area contributed by atoms with Crippen LogP contribution in [0.5, 0.6) is 17.2 Å². The van der Waals surface area contributed by atoms with Crippen molar-refractivity contribution in [2.24, 2.45) is 0 Å². The van der Waals surface area contributed by atoms with E-state index < -0.39 is 0 Å². The first-order valence-corrected chi connectivity index (χ1v) is 9.99. The number of nitrogens with zero attached hydrogens (tertiary/aromatic N) is 1. The van der Waals surface area contributed by atoms with E-state index in [2.05, 4.69) is 0 Å². The maximum absolute atomic E-state index is 13.1. The smallest absolute Gasteiger partial charge is 0.193 e. The number of rotatable bonds is 7. The molecule has 0 aliphatic carbocycles. The van der Waals surface area contributed by atoms with E-state index >= 15 is 0 Å². The molecule has 2 N–H and O–H groups in total. The van der Waals surface area contributed by atoms with Crippen molar-refractivity contribution in [1.82, 2.24) is 4.90 Å². The SMILES string of the molecule is COc1cc(OC)c(C2CCN(C)C2CO)c(O)c1C(=O)C=Cc1ccccc1C. The number of methoxy groups -OCH3 is 2. The Kier molecular flexibility index (Phi) is 6.80. The first kappa shape index (κ1) is 21.9. The van der Waals surface area contributed by atoms with Crippen LogP contribution in [-0.4, -0.2) is 61.4 Å². The Balaban J connectivity index is 2.08. The number of phenolic OH excluding ortho intramolecular Hbond substituents is 1. The Bertz CT molecular complexity index is 953. The summed E-state index contributed by atoms with van der Waals surface area (Å²) < 4.78 is 10.9. The highest BCUT2D eigenvalue weighted by molar-refractivity contribution is 6.11. The highest BCUT2D eigenvalue weighted by Gasteiger charge is 2.37. The highest BCUT2D eigenvalue weighted by Crippen LogP contribution is 2.47. The lowest BCUT2D eigenvalue weighted by Gasteiger charge is -2.26. The largest absolute Gasteiger partial charge is 0.507 e. The van der Waals surface area contributed by atoms with Gasteiger partial charge in [0.2, 0.25) is 0 Å². The van der Waals surface area contributed by atoms with Gasteiger partial charge in [-0.15, -0.1) is 0 Å². The van der Waals surface area contributed by atoms with E-state index in [1.807, 2.05) is 43.1 Å². The Morgan fingerprint density at radius 3 is 2.57 bits per heavy atom. The van der Waals surface area contributed by atoms with E-state index in [4.69, 9.17) is 9.47 Å². The number of aromatic hydroxyl groups is 1. The molecule has 1 aliphatic heterocycles. The number of hydrogen-bond donors (Lipinski definition) is 2. The molecule has 1 saturated heterocycles. The number of carbonyl (C=O) groups is 1. The van der Waals surface area contributed by atoms with Gasteiger partial charge in [-0.1, -0.05) is 30.3 Å². The summed E-state index contributed by atoms with van der Waals surface area (Å²) in [4.78, 5) is 15.1. The molecular weight excluding hydrogens is 382 g/mol. The van der Waals surface area contributed by atoms with Crippen molar-refractivity contribution in [2.45, 2.75) is 25.3 Å². The minimum Gasteiger partial charge on any atom is -0.507 e. The van der Waals surface area contributed by atoms with Crippen molar-refractivity contribution in [3.8, 4) is 17.2 Å². The molecule has 1 fully saturated rings. The molecule has 1 aliphatic rings. The topological polar surface area (TPSA) is 79.2 Å². The maximum atomic E-state index is 13.1. The second kappa shape index (κ2) is 9.32. The molecule has 2 aromatic carbocycles. The van der Waals surface area contributed by atoms with E-state index in [1.165, 1.54) is 20.3 Å². The van der Waals surface area contributed by atoms with Gasteiger partial charge in [-0.2, -0.15) is 0 Å². The van der Waals surface area contributed by atoms with E-state index in [0.29, 0.717) is 11.3 Å². The summed E-state index contributed by atoms with van der Waals surface area (Å²) in [5.74, 6) is 0.0301. The van der Waals surface area contributed by atoms with Crippen LogP contribution in [0.25, 0.3) is 6.08 Å². The lowest BCUT2D eigenvalue weighted by atomic mass is 9.87. The molecule has 0 aromatic heterocycles. The summed E-state index contributed by atoms with van der Waals surface area (Å²) in [5, 5.41) is 21.1. The molecule has 0 spiro atoms. The number of allylic oxidation sites excluding steroid dienone is 1. The molecule has 1 heterocycles. The molecule has 160 valence electrons. The highest BCUT2D eigenvalue weighted by atomic mass is 16.5. The van der Waals surface area contributed by atoms with E-state index in [-0.39, 0.29) is 41.4 Å². The van der Waals surface area contributed by atoms with Gasteiger partial charge in [0.25, 0.3) is 0 Å². The standard InChI is InChI=1S/C24H29NO5/c1-15-7-5-6-8-16(15)9-10-19(27)23-21(30-4)13-20(29-3)22(24(23)28)17-11-12-25(2)18(17)14-26/h5-10,13,17-18,26,28H,11-12,14H2,1-4H3. The molecule has 2 atom stereocenters. The van der Waals surface area contributed by atoms with Crippen LogP contribution in [0.2, 0.25) is 0 Å². The molecule has 0 bridgehead atoms. The number of likely N-dealkylation sites (tertiary alicyclic amines) is 1. The monoisotopic (exact) mass is 411 g/mol. The Morgan fingerprint density at radius 1 is 1.23 bits per heavy atom. The van der Waals surface area contributed by atoms with E-state index in [9.17, 15) is 15.0 Å². The second-order valence-electron chi connectivity index (χ2n) is 7.60. The molecule has 0 amide bonds. The first-order chi connectivity index (χ1) is 14.4. The normalized spacial score (nSPS) is 19.4. The van der Waals surface area contributed by atoms with Gasteiger partial charge in [-0.25, -0.2) is 0 Å². The summed E-state index contributed by atoms with van der Waals surface area (Å²) in [5.41, 5.74) is 2.61. The maximum Gasteiger partial charge on any atom is 0.193 e. The van der Waals surface area contributed by atoms with Crippen LogP contribution in [0, 0.1) is 6.92 Å². The summed E-state index contributed by atoms with van der Waals surface area (Å²) in [7, 11) is 4.91. The molecule has 0 saturated carbocycles. The average molecular weight is 411 g/mol. The van der Waals surface area contributed by atoms with Gasteiger partial charge in [-0.3, -0.25) is 4.79 Å². The third-order valence-corrected chi connectivity index (χ3v) is 5.94. The zero-order valence-electron chi connectivity index (χ0n) is 17.9. The number of phenols is 1. The second-order valence-corrected chi connectivity index (χ2v) is 7.60. The number of carbonyl (C=O) groups excluding carboxylic acids is 1. The Hall–Kier alpha value is -2.83. The number of likely N-dealkylation sites (N-methyl/N-ethyl adjacent to an activating group) is 1. The van der Waals surface area contributed by atoms with Gasteiger partial charge in [0, 0.05) is 23.6 Å². The van der Waals surface area contributed by atoms with Crippen molar-refractivity contribution in [1.29, 1.82) is 0 Å². The molecule has 2 aromatic rings. The van der Waals surface area contributed by atoms with Crippen molar-refractivity contribution >= 4 is 11.9 Å². The number of aryl methyl sites for hydroxylation is 1. The quantitative estimate of drug-likeness (QED) is 0.537. The van der Waals surface area contributed by atoms with Crippen LogP contribution in [0.3, 0.4) is 0 Å². The molecule has 3 rings (SSSR count). The van der Waals surface area contributed by atoms with Crippen molar-refractivity contribution in [3.63, 3.8) is 0 Å². The van der Waals surface area contributed by atoms with Gasteiger partial charge in [0.1, 0.15) is 22.8 Å². The fourth-order valence-electron chi connectivity index (χ4n) is 4.20. The van der Waals surface area contributed by atoms with Gasteiger partial charge >= 0.3 is 0 Å². The summed E-state index contributed by atoms with van der Waals surface area (Å²) in [6.07, 6.45) is 3.92. The minimum atomic E-state index is -0.358. The summed E-state index contributed by atoms with van der Waals surface area (Å²) in [6.45, 7) is 2.70. The fraction of sp³-hybridized carbons (Fsp3) is 0.375. The lowest BCUT2D eigenvalue weighted by molar-refractivity contribution is 0.104. The van der Waals surface area contributed by atoms with Crippen LogP contribution in [0.1, 0.15) is 39.4 Å². The summed E-state index contributed by atoms with van der Waals surface area (Å²) >= 11 is 0. The number of aliphatic hydroxyl groups is 1. The molecule has 2 unspecified atom stereocenters. The third-order valence-electron chi connectivity index (χ3n) is 5.94. The third kappa shape index (κ3) is 4.06. The van der Waals surface area contributed by atoms with E-state index in [0.717, 1.165) is 24.1 Å². The minimum absolute atomic E-state index is 0.0493. The Labute approximate surface area is 177 Å². The zero-order chi connectivity index (χ0) is 21.8. The molecule has 30 heavy (non-hydrogen) atoms. The van der Waals surface area contributed by atoms with E-state index in [1.54, 1.807) is 12.1 Å². The van der Waals surface area contributed by atoms with Crippen LogP contribution in [0.4, 0.5) is 0 Å². The molecule has 6 nitrogen and oxygen atoms in total. The zero-order valence-corrected chi connectivity index (χ0v) is 17.9. The number of benzene rings is 2. The molecule has 0 radical (unpaired) electrons. The molecule has 6 heteroatoms. The van der Waals surface area contributed by atoms with Crippen LogP contribution < -0.4 is 9.47 Å². The van der Waals surface area contributed by atoms with Gasteiger partial charge in [-0.05, 0) is 44.1 Å². The summed E-state index contributed by atoms with van der Waals surface area (Å²) in [6, 6.07) is 9.22. The van der Waals surface area contributed by atoms with Crippen LogP contribution in [0.15, 0.2) is 36.4 Å². The predicted octanol–water partition coefficient (Wildman–Crippen LogP) is 3.39. The fourth-order valence-corrected chi connectivity index (χ4v) is 4.20. The predicted molar refractivity (Wildman–Crippen MR) is 117 cm³/mol. The van der Waals surface area contributed by atoms with Crippen molar-refractivity contribution in [3.05, 3.63) is 58.7 Å². The van der Waals surface area contributed by atoms with Crippen molar-refractivity contribution < 1.29 is 24.5 Å². The number of hydrogen-bond acceptors (Lipinski definition) is 6. The number of ether oxygens (including phenoxy) is 2. The lowest BCUT2D eigenvalue weighted by Crippen LogP contribution is -2.32. The average Bonchev–Trinajstić information content (AvgIpc) is 3.11. The van der Waals surface area contributed by atoms with Crippen molar-refractivity contribution in [2.75, 3.05) is 34.4 Å². The van der Waals surface area contributed by atoms with Crippen LogP contribution in [-0.2, 0) is 0 Å². The van der Waals surface area contributed by atoms with Gasteiger partial charge in [0.15, 0.2) is 5.78 Å². The van der Waals surface area contributed by atoms with Crippen LogP contribution >= 0.6 is 0 Å². The molecular formula is C24H29NO5. The number of aliphatic hydroxyl groups excluding tert-OH is 1.